The highest BCUT2D eigenvalue weighted by atomic mass is 79.9. The summed E-state index contributed by atoms with van der Waals surface area (Å²) in [6.07, 6.45) is 5.78. The van der Waals surface area contributed by atoms with Crippen LogP contribution in [0.15, 0.2) is 22.2 Å². The molecule has 7 nitrogen and oxygen atoms in total. The molecule has 0 radical (unpaired) electrons. The lowest BCUT2D eigenvalue weighted by Gasteiger charge is -2.29. The Kier molecular flexibility index (Phi) is 9.86. The summed E-state index contributed by atoms with van der Waals surface area (Å²) in [6, 6.07) is 5.45. The zero-order chi connectivity index (χ0) is 22.8. The predicted molar refractivity (Wildman–Crippen MR) is 121 cm³/mol. The van der Waals surface area contributed by atoms with Crippen LogP contribution in [0, 0.1) is 17.2 Å². The van der Waals surface area contributed by atoms with Gasteiger partial charge in [-0.05, 0) is 72.3 Å². The van der Waals surface area contributed by atoms with Crippen LogP contribution in [-0.4, -0.2) is 37.7 Å². The number of esters is 1. The molecule has 0 unspecified atom stereocenters. The average Bonchev–Trinajstić information content (AvgIpc) is 2.73. The first-order chi connectivity index (χ1) is 14.9. The van der Waals surface area contributed by atoms with Crippen LogP contribution in [0.2, 0.25) is 0 Å². The van der Waals surface area contributed by atoms with Crippen LogP contribution in [-0.2, 0) is 14.3 Å². The van der Waals surface area contributed by atoms with Crippen molar-refractivity contribution < 1.29 is 23.8 Å². The second-order valence-corrected chi connectivity index (χ2v) is 8.22. The molecule has 0 saturated heterocycles. The zero-order valence-electron chi connectivity index (χ0n) is 18.2. The Morgan fingerprint density at radius 3 is 2.61 bits per heavy atom. The summed E-state index contributed by atoms with van der Waals surface area (Å²) in [6.45, 7) is 6.06. The van der Waals surface area contributed by atoms with Crippen molar-refractivity contribution in [2.75, 3.05) is 19.8 Å². The largest absolute Gasteiger partial charge is 0.490 e. The number of nitriles is 1. The van der Waals surface area contributed by atoms with Gasteiger partial charge < -0.3 is 19.5 Å². The molecule has 0 aliphatic heterocycles. The minimum atomic E-state index is -0.485. The van der Waals surface area contributed by atoms with E-state index in [-0.39, 0.29) is 30.7 Å². The highest BCUT2D eigenvalue weighted by molar-refractivity contribution is 9.10. The van der Waals surface area contributed by atoms with Crippen molar-refractivity contribution in [3.05, 3.63) is 27.7 Å². The van der Waals surface area contributed by atoms with Crippen LogP contribution in [0.5, 0.6) is 11.5 Å². The van der Waals surface area contributed by atoms with Gasteiger partial charge >= 0.3 is 5.97 Å². The fourth-order valence-electron chi connectivity index (χ4n) is 3.50. The number of hydrogen-bond acceptors (Lipinski definition) is 6. The molecule has 1 fully saturated rings. The van der Waals surface area contributed by atoms with Crippen molar-refractivity contribution in [2.24, 2.45) is 5.92 Å². The van der Waals surface area contributed by atoms with Crippen molar-refractivity contribution in [1.82, 2.24) is 5.32 Å². The molecule has 8 heteroatoms. The van der Waals surface area contributed by atoms with Crippen LogP contribution in [0.25, 0.3) is 6.08 Å². The van der Waals surface area contributed by atoms with E-state index < -0.39 is 5.97 Å². The Hall–Kier alpha value is -2.53. The fraction of sp³-hybridized carbons (Fsp3) is 0.522. The standard InChI is InChI=1S/C23H29BrN2O5/c1-4-29-20-12-16(11-18(24)22(20)31-14-21(27)30-5-2)10-17(13-25)23(28)26-19-9-7-6-8-15(19)3/h10-12,15,19H,4-9,14H2,1-3H3,(H,26,28)/b17-10+/t15-,19-/m0/s1. The molecular formula is C23H29BrN2O5. The monoisotopic (exact) mass is 492 g/mol. The first-order valence-electron chi connectivity index (χ1n) is 10.6. The van der Waals surface area contributed by atoms with Gasteiger partial charge in [0.2, 0.25) is 0 Å². The summed E-state index contributed by atoms with van der Waals surface area (Å²) >= 11 is 3.42. The summed E-state index contributed by atoms with van der Waals surface area (Å²) in [5.41, 5.74) is 0.620. The number of nitrogens with zero attached hydrogens (tertiary/aromatic N) is 1. The van der Waals surface area contributed by atoms with Gasteiger partial charge in [0, 0.05) is 6.04 Å². The third-order valence-corrected chi connectivity index (χ3v) is 5.66. The molecule has 1 aromatic rings. The third kappa shape index (κ3) is 7.28. The van der Waals surface area contributed by atoms with E-state index in [4.69, 9.17) is 14.2 Å². The zero-order valence-corrected chi connectivity index (χ0v) is 19.8. The molecule has 1 saturated carbocycles. The maximum atomic E-state index is 12.7. The Morgan fingerprint density at radius 2 is 1.97 bits per heavy atom. The number of rotatable bonds is 9. The Labute approximate surface area is 191 Å². The number of hydrogen-bond donors (Lipinski definition) is 1. The van der Waals surface area contributed by atoms with Gasteiger partial charge in [0.05, 0.1) is 17.7 Å². The van der Waals surface area contributed by atoms with E-state index in [0.29, 0.717) is 34.1 Å². The number of carbonyl (C=O) groups is 2. The van der Waals surface area contributed by atoms with E-state index in [1.165, 1.54) is 12.5 Å². The van der Waals surface area contributed by atoms with Crippen molar-refractivity contribution in [3.8, 4) is 17.6 Å². The highest BCUT2D eigenvalue weighted by Crippen LogP contribution is 2.37. The number of benzene rings is 1. The normalized spacial score (nSPS) is 18.6. The highest BCUT2D eigenvalue weighted by Gasteiger charge is 2.24. The molecular weight excluding hydrogens is 464 g/mol. The summed E-state index contributed by atoms with van der Waals surface area (Å²) in [7, 11) is 0. The number of nitrogens with one attached hydrogen (secondary N) is 1. The van der Waals surface area contributed by atoms with Crippen LogP contribution in [0.4, 0.5) is 0 Å². The van der Waals surface area contributed by atoms with Gasteiger partial charge in [0.1, 0.15) is 11.6 Å². The van der Waals surface area contributed by atoms with Gasteiger partial charge in [-0.1, -0.05) is 19.8 Å². The molecule has 1 N–H and O–H groups in total. The van der Waals surface area contributed by atoms with E-state index in [1.807, 2.05) is 13.0 Å². The molecule has 1 amide bonds. The predicted octanol–water partition coefficient (Wildman–Crippen LogP) is 4.39. The van der Waals surface area contributed by atoms with E-state index >= 15 is 0 Å². The fourth-order valence-corrected chi connectivity index (χ4v) is 4.07. The van der Waals surface area contributed by atoms with Crippen molar-refractivity contribution in [1.29, 1.82) is 5.26 Å². The number of amides is 1. The Morgan fingerprint density at radius 1 is 1.23 bits per heavy atom. The van der Waals surface area contributed by atoms with Crippen LogP contribution in [0.3, 0.4) is 0 Å². The number of carbonyl (C=O) groups excluding carboxylic acids is 2. The summed E-state index contributed by atoms with van der Waals surface area (Å²) < 4.78 is 16.6. The lowest BCUT2D eigenvalue weighted by atomic mass is 9.86. The number of ether oxygens (including phenoxy) is 3. The summed E-state index contributed by atoms with van der Waals surface area (Å²) in [4.78, 5) is 24.3. The minimum Gasteiger partial charge on any atom is -0.490 e. The molecule has 0 aromatic heterocycles. The van der Waals surface area contributed by atoms with Gasteiger partial charge in [0.15, 0.2) is 18.1 Å². The molecule has 1 aromatic carbocycles. The maximum Gasteiger partial charge on any atom is 0.344 e. The van der Waals surface area contributed by atoms with Crippen molar-refractivity contribution in [3.63, 3.8) is 0 Å². The van der Waals surface area contributed by atoms with Crippen LogP contribution < -0.4 is 14.8 Å². The van der Waals surface area contributed by atoms with E-state index in [1.54, 1.807) is 19.1 Å². The van der Waals surface area contributed by atoms with Gasteiger partial charge in [0.25, 0.3) is 5.91 Å². The smallest absolute Gasteiger partial charge is 0.344 e. The lowest BCUT2D eigenvalue weighted by molar-refractivity contribution is -0.145. The van der Waals surface area contributed by atoms with Gasteiger partial charge in [-0.2, -0.15) is 5.26 Å². The molecule has 2 atom stereocenters. The first-order valence-corrected chi connectivity index (χ1v) is 11.4. The summed E-state index contributed by atoms with van der Waals surface area (Å²) in [5.74, 6) is 0.281. The second-order valence-electron chi connectivity index (χ2n) is 7.37. The third-order valence-electron chi connectivity index (χ3n) is 5.08. The Balaban J connectivity index is 2.22. The SMILES string of the molecule is CCOC(=O)COc1c(Br)cc(/C=C(\C#N)C(=O)N[C@H]2CCCC[C@@H]2C)cc1OCC. The molecule has 1 aliphatic rings. The van der Waals surface area contributed by atoms with Gasteiger partial charge in [-0.15, -0.1) is 0 Å². The van der Waals surface area contributed by atoms with Crippen LogP contribution >= 0.6 is 15.9 Å². The minimum absolute atomic E-state index is 0.0207. The van der Waals surface area contributed by atoms with Crippen molar-refractivity contribution >= 4 is 33.9 Å². The molecule has 0 bridgehead atoms. The van der Waals surface area contributed by atoms with E-state index in [9.17, 15) is 14.9 Å². The molecule has 168 valence electrons. The topological polar surface area (TPSA) is 97.7 Å². The van der Waals surface area contributed by atoms with Gasteiger partial charge in [-0.3, -0.25) is 4.79 Å². The first kappa shape index (κ1) is 24.7. The summed E-state index contributed by atoms with van der Waals surface area (Å²) in [5, 5.41) is 12.5. The van der Waals surface area contributed by atoms with Crippen molar-refractivity contribution in [2.45, 2.75) is 52.5 Å². The van der Waals surface area contributed by atoms with Crippen LogP contribution in [0.1, 0.15) is 52.0 Å². The number of halogens is 1. The quantitative estimate of drug-likeness (QED) is 0.311. The van der Waals surface area contributed by atoms with E-state index in [2.05, 4.69) is 28.2 Å². The molecule has 1 aliphatic carbocycles. The maximum absolute atomic E-state index is 12.7. The van der Waals surface area contributed by atoms with E-state index in [0.717, 1.165) is 19.3 Å². The molecule has 31 heavy (non-hydrogen) atoms. The average molecular weight is 493 g/mol. The molecule has 2 rings (SSSR count). The van der Waals surface area contributed by atoms with Gasteiger partial charge in [-0.25, -0.2) is 4.79 Å². The molecule has 0 heterocycles. The molecule has 0 spiro atoms. The lowest BCUT2D eigenvalue weighted by Crippen LogP contribution is -2.41. The Bertz CT molecular complexity index is 862. The second kappa shape index (κ2) is 12.4.